The number of H-pyrrole nitrogens is 1. The summed E-state index contributed by atoms with van der Waals surface area (Å²) in [7, 11) is 0. The van der Waals surface area contributed by atoms with Crippen molar-refractivity contribution in [2.24, 2.45) is 0 Å². The number of anilines is 1. The lowest BCUT2D eigenvalue weighted by atomic mass is 10.2. The summed E-state index contributed by atoms with van der Waals surface area (Å²) in [5.41, 5.74) is 1.53. The second-order valence-corrected chi connectivity index (χ2v) is 6.34. The standard InChI is InChI=1S/C18H14Cl2N2O3/c1-10(17(23)21-14-8-12(19)7-13(20)9-14)25-18(24)16-6-11-4-2-3-5-15(11)22-16/h2-10,22H,1H3,(H,21,23)/t10-/m1/s1. The van der Waals surface area contributed by atoms with Gasteiger partial charge in [0.05, 0.1) is 0 Å². The van der Waals surface area contributed by atoms with Crippen LogP contribution in [-0.2, 0) is 9.53 Å². The lowest BCUT2D eigenvalue weighted by Gasteiger charge is -2.13. The van der Waals surface area contributed by atoms with Crippen molar-refractivity contribution < 1.29 is 14.3 Å². The number of ether oxygens (including phenoxy) is 1. The minimum absolute atomic E-state index is 0.284. The van der Waals surface area contributed by atoms with E-state index in [0.717, 1.165) is 10.9 Å². The van der Waals surface area contributed by atoms with Crippen molar-refractivity contribution in [3.8, 4) is 0 Å². The highest BCUT2D eigenvalue weighted by Gasteiger charge is 2.20. The average molecular weight is 377 g/mol. The Bertz CT molecular complexity index is 899. The fourth-order valence-corrected chi connectivity index (χ4v) is 2.86. The smallest absolute Gasteiger partial charge is 0.355 e. The van der Waals surface area contributed by atoms with E-state index in [1.165, 1.54) is 6.92 Å². The van der Waals surface area contributed by atoms with Gasteiger partial charge >= 0.3 is 5.97 Å². The van der Waals surface area contributed by atoms with Crippen molar-refractivity contribution >= 4 is 51.7 Å². The molecule has 0 radical (unpaired) electrons. The summed E-state index contributed by atoms with van der Waals surface area (Å²) in [4.78, 5) is 27.4. The maximum absolute atomic E-state index is 12.2. The lowest BCUT2D eigenvalue weighted by Crippen LogP contribution is -2.30. The Morgan fingerprint density at radius 3 is 2.44 bits per heavy atom. The number of benzene rings is 2. The molecule has 0 unspecified atom stereocenters. The van der Waals surface area contributed by atoms with Crippen molar-refractivity contribution in [2.45, 2.75) is 13.0 Å². The second-order valence-electron chi connectivity index (χ2n) is 5.47. The first-order valence-corrected chi connectivity index (χ1v) is 8.23. The van der Waals surface area contributed by atoms with Gasteiger partial charge in [0.1, 0.15) is 5.69 Å². The summed E-state index contributed by atoms with van der Waals surface area (Å²) < 4.78 is 5.21. The molecule has 0 aliphatic rings. The third-order valence-electron chi connectivity index (χ3n) is 3.53. The zero-order valence-electron chi connectivity index (χ0n) is 13.2. The Labute approximate surface area is 153 Å². The van der Waals surface area contributed by atoms with E-state index < -0.39 is 18.0 Å². The number of fused-ring (bicyclic) bond motifs is 1. The Hall–Kier alpha value is -2.50. The normalized spacial score (nSPS) is 12.0. The van der Waals surface area contributed by atoms with Gasteiger partial charge < -0.3 is 15.0 Å². The number of hydrogen-bond acceptors (Lipinski definition) is 3. The van der Waals surface area contributed by atoms with Crippen LogP contribution >= 0.6 is 23.2 Å². The Morgan fingerprint density at radius 2 is 1.76 bits per heavy atom. The first kappa shape index (κ1) is 17.3. The predicted octanol–water partition coefficient (Wildman–Crippen LogP) is 4.66. The molecule has 5 nitrogen and oxygen atoms in total. The minimum atomic E-state index is -0.989. The first-order valence-electron chi connectivity index (χ1n) is 7.48. The quantitative estimate of drug-likeness (QED) is 0.650. The largest absolute Gasteiger partial charge is 0.448 e. The number of aromatic nitrogens is 1. The van der Waals surface area contributed by atoms with Crippen LogP contribution in [0.15, 0.2) is 48.5 Å². The molecule has 0 saturated carbocycles. The molecular formula is C18H14Cl2N2O3. The summed E-state index contributed by atoms with van der Waals surface area (Å²) in [6, 6.07) is 13.8. The van der Waals surface area contributed by atoms with Gasteiger partial charge in [0.25, 0.3) is 5.91 Å². The zero-order valence-corrected chi connectivity index (χ0v) is 14.7. The summed E-state index contributed by atoms with van der Waals surface area (Å²) in [5, 5.41) is 4.29. The average Bonchev–Trinajstić information content (AvgIpc) is 2.97. The van der Waals surface area contributed by atoms with Gasteiger partial charge in [0.2, 0.25) is 0 Å². The zero-order chi connectivity index (χ0) is 18.0. The van der Waals surface area contributed by atoms with E-state index >= 15 is 0 Å². The van der Waals surface area contributed by atoms with Gasteiger partial charge in [-0.3, -0.25) is 4.79 Å². The number of nitrogens with one attached hydrogen (secondary N) is 2. The molecule has 0 aliphatic carbocycles. The van der Waals surface area contributed by atoms with Gasteiger partial charge in [-0.25, -0.2) is 4.79 Å². The van der Waals surface area contributed by atoms with Crippen LogP contribution in [-0.4, -0.2) is 23.0 Å². The fraction of sp³-hybridized carbons (Fsp3) is 0.111. The van der Waals surface area contributed by atoms with Crippen LogP contribution in [0.2, 0.25) is 10.0 Å². The van der Waals surface area contributed by atoms with Crippen LogP contribution in [0, 0.1) is 0 Å². The van der Waals surface area contributed by atoms with Crippen molar-refractivity contribution in [1.29, 1.82) is 0 Å². The monoisotopic (exact) mass is 376 g/mol. The van der Waals surface area contributed by atoms with E-state index in [0.29, 0.717) is 15.7 Å². The molecule has 0 bridgehead atoms. The maximum atomic E-state index is 12.2. The molecule has 3 rings (SSSR count). The summed E-state index contributed by atoms with van der Waals surface area (Å²) in [6.45, 7) is 1.49. The molecule has 0 saturated heterocycles. The number of rotatable bonds is 4. The lowest BCUT2D eigenvalue weighted by molar-refractivity contribution is -0.123. The topological polar surface area (TPSA) is 71.2 Å². The third-order valence-corrected chi connectivity index (χ3v) is 3.97. The molecule has 0 fully saturated rings. The number of para-hydroxylation sites is 1. The molecule has 25 heavy (non-hydrogen) atoms. The van der Waals surface area contributed by atoms with E-state index in [-0.39, 0.29) is 5.69 Å². The number of carbonyl (C=O) groups excluding carboxylic acids is 2. The molecule has 1 aromatic heterocycles. The molecule has 2 aromatic carbocycles. The van der Waals surface area contributed by atoms with E-state index in [2.05, 4.69) is 10.3 Å². The predicted molar refractivity (Wildman–Crippen MR) is 98.3 cm³/mol. The fourth-order valence-electron chi connectivity index (χ4n) is 2.33. The van der Waals surface area contributed by atoms with Crippen molar-refractivity contribution in [3.05, 3.63) is 64.3 Å². The summed E-state index contributed by atoms with van der Waals surface area (Å²) in [5.74, 6) is -1.09. The minimum Gasteiger partial charge on any atom is -0.448 e. The molecule has 0 spiro atoms. The highest BCUT2D eigenvalue weighted by atomic mass is 35.5. The summed E-state index contributed by atoms with van der Waals surface area (Å²) in [6.07, 6.45) is -0.989. The van der Waals surface area contributed by atoms with Crippen LogP contribution in [0.5, 0.6) is 0 Å². The molecule has 7 heteroatoms. The van der Waals surface area contributed by atoms with E-state index in [4.69, 9.17) is 27.9 Å². The van der Waals surface area contributed by atoms with Gasteiger partial charge in [-0.05, 0) is 37.3 Å². The third kappa shape index (κ3) is 4.13. The molecule has 1 atom stereocenters. The Balaban J connectivity index is 1.67. The highest BCUT2D eigenvalue weighted by molar-refractivity contribution is 6.35. The van der Waals surface area contributed by atoms with Crippen LogP contribution in [0.4, 0.5) is 5.69 Å². The number of carbonyl (C=O) groups is 2. The molecule has 2 N–H and O–H groups in total. The van der Waals surface area contributed by atoms with Gasteiger partial charge in [-0.15, -0.1) is 0 Å². The van der Waals surface area contributed by atoms with Crippen LogP contribution in [0.25, 0.3) is 10.9 Å². The molecule has 128 valence electrons. The number of esters is 1. The van der Waals surface area contributed by atoms with Gasteiger partial charge in [0.15, 0.2) is 6.10 Å². The first-order chi connectivity index (χ1) is 11.9. The number of amides is 1. The maximum Gasteiger partial charge on any atom is 0.355 e. The molecule has 1 heterocycles. The van der Waals surface area contributed by atoms with Crippen molar-refractivity contribution in [2.75, 3.05) is 5.32 Å². The Kier molecular flexibility index (Phi) is 4.97. The number of aromatic amines is 1. The second kappa shape index (κ2) is 7.17. The van der Waals surface area contributed by atoms with E-state index in [1.54, 1.807) is 24.3 Å². The number of hydrogen-bond donors (Lipinski definition) is 2. The van der Waals surface area contributed by atoms with Gasteiger partial charge in [-0.1, -0.05) is 41.4 Å². The number of halogens is 2. The van der Waals surface area contributed by atoms with E-state index in [1.807, 2.05) is 24.3 Å². The summed E-state index contributed by atoms with van der Waals surface area (Å²) >= 11 is 11.8. The van der Waals surface area contributed by atoms with Crippen molar-refractivity contribution in [3.63, 3.8) is 0 Å². The Morgan fingerprint density at radius 1 is 1.08 bits per heavy atom. The van der Waals surface area contributed by atoms with E-state index in [9.17, 15) is 9.59 Å². The molecule has 1 amide bonds. The van der Waals surface area contributed by atoms with Crippen molar-refractivity contribution in [1.82, 2.24) is 4.98 Å². The molecule has 0 aliphatic heterocycles. The van der Waals surface area contributed by atoms with Crippen LogP contribution < -0.4 is 5.32 Å². The van der Waals surface area contributed by atoms with Gasteiger partial charge in [0, 0.05) is 26.6 Å². The van der Waals surface area contributed by atoms with Gasteiger partial charge in [-0.2, -0.15) is 0 Å². The molecule has 3 aromatic rings. The highest BCUT2D eigenvalue weighted by Crippen LogP contribution is 2.23. The molecular weight excluding hydrogens is 363 g/mol. The SMILES string of the molecule is C[C@@H](OC(=O)c1cc2ccccc2[nH]1)C(=O)Nc1cc(Cl)cc(Cl)c1. The van der Waals surface area contributed by atoms with Crippen LogP contribution in [0.1, 0.15) is 17.4 Å². The van der Waals surface area contributed by atoms with Crippen LogP contribution in [0.3, 0.4) is 0 Å².